The number of H-pyrrole nitrogens is 1. The monoisotopic (exact) mass is 568 g/mol. The second kappa shape index (κ2) is 10.4. The van der Waals surface area contributed by atoms with Crippen LogP contribution in [0.25, 0.3) is 0 Å². The molecule has 1 unspecified atom stereocenters. The number of carbonyl (C=O) groups is 3. The number of carboxylic acids is 1. The minimum atomic E-state index is -1.58. The van der Waals surface area contributed by atoms with Crippen molar-refractivity contribution in [3.8, 4) is 0 Å². The molecule has 2 aliphatic rings. The van der Waals surface area contributed by atoms with Gasteiger partial charge in [-0.3, -0.25) is 28.6 Å². The van der Waals surface area contributed by atoms with Crippen molar-refractivity contribution >= 4 is 64.0 Å². The quantitative estimate of drug-likeness (QED) is 0.0974. The number of carboxylic acid groups (broad SMARTS) is 1. The van der Waals surface area contributed by atoms with Crippen LogP contribution in [0.15, 0.2) is 36.6 Å². The van der Waals surface area contributed by atoms with Crippen molar-refractivity contribution in [3.05, 3.63) is 43.1 Å². The molecular formula is C19H20N8O7S3. The number of aromatic nitrogens is 4. The zero-order valence-corrected chi connectivity index (χ0v) is 21.7. The van der Waals surface area contributed by atoms with E-state index in [9.17, 15) is 29.1 Å². The van der Waals surface area contributed by atoms with Crippen LogP contribution < -0.4 is 22.2 Å². The molecule has 4 heterocycles. The van der Waals surface area contributed by atoms with Crippen LogP contribution >= 0.6 is 34.9 Å². The summed E-state index contributed by atoms with van der Waals surface area (Å²) in [6, 6.07) is 0. The second-order valence-corrected chi connectivity index (χ2v) is 10.7. The highest BCUT2D eigenvalue weighted by Gasteiger charge is 2.56. The van der Waals surface area contributed by atoms with Gasteiger partial charge in [0.25, 0.3) is 5.91 Å². The number of β-lactam (4-membered cyclic amide) rings is 1. The van der Waals surface area contributed by atoms with E-state index in [1.807, 2.05) is 0 Å². The maximum atomic E-state index is 12.8. The maximum absolute atomic E-state index is 12.8. The molecule has 0 radical (unpaired) electrons. The highest BCUT2D eigenvalue weighted by atomic mass is 32.2. The Morgan fingerprint density at radius 3 is 2.81 bits per heavy atom. The second-order valence-electron chi connectivity index (χ2n) is 7.50. The third-order valence-electron chi connectivity index (χ3n) is 5.42. The number of rotatable bonds is 9. The summed E-state index contributed by atoms with van der Waals surface area (Å²) in [5, 5.41) is 23.7. The van der Waals surface area contributed by atoms with E-state index in [1.54, 1.807) is 12.3 Å². The molecule has 2 aromatic rings. The van der Waals surface area contributed by atoms with Crippen molar-refractivity contribution < 1.29 is 24.3 Å². The Kier molecular flexibility index (Phi) is 7.42. The van der Waals surface area contributed by atoms with Gasteiger partial charge in [0.1, 0.15) is 19.0 Å². The van der Waals surface area contributed by atoms with Gasteiger partial charge in [-0.05, 0) is 6.92 Å². The number of thiazole rings is 1. The smallest absolute Gasteiger partial charge is 0.352 e. The van der Waals surface area contributed by atoms with Gasteiger partial charge in [0.2, 0.25) is 5.91 Å². The van der Waals surface area contributed by atoms with Gasteiger partial charge in [-0.25, -0.2) is 14.9 Å². The number of nitrogens with zero attached hydrogens (tertiary/aromatic N) is 5. The van der Waals surface area contributed by atoms with E-state index in [0.717, 1.165) is 50.5 Å². The number of fused-ring (bicyclic) bond motifs is 1. The fourth-order valence-electron chi connectivity index (χ4n) is 3.82. The zero-order chi connectivity index (χ0) is 26.9. The number of nitrogens with one attached hydrogen (secondary N) is 2. The highest BCUT2D eigenvalue weighted by molar-refractivity contribution is 8.01. The lowest BCUT2D eigenvalue weighted by molar-refractivity contribution is -0.146. The lowest BCUT2D eigenvalue weighted by atomic mass is 9.98. The molecule has 0 aliphatic carbocycles. The van der Waals surface area contributed by atoms with Crippen LogP contribution in [-0.4, -0.2) is 72.0 Å². The fourth-order valence-corrected chi connectivity index (χ4v) is 7.36. The molecule has 2 amide bonds. The Labute approximate surface area is 220 Å². The van der Waals surface area contributed by atoms with Crippen LogP contribution in [0.2, 0.25) is 0 Å². The number of nitrogen functional groups attached to an aromatic ring is 1. The van der Waals surface area contributed by atoms with E-state index in [0.29, 0.717) is 0 Å². The van der Waals surface area contributed by atoms with Gasteiger partial charge in [0, 0.05) is 23.3 Å². The molecule has 18 heteroatoms. The van der Waals surface area contributed by atoms with E-state index < -0.39 is 39.1 Å². The number of anilines is 1. The van der Waals surface area contributed by atoms with E-state index in [4.69, 9.17) is 5.73 Å². The Hall–Kier alpha value is -3.64. The number of thioether (sulfide) groups is 2. The van der Waals surface area contributed by atoms with Gasteiger partial charge in [-0.2, -0.15) is 0 Å². The first-order chi connectivity index (χ1) is 17.6. The predicted molar refractivity (Wildman–Crippen MR) is 135 cm³/mol. The van der Waals surface area contributed by atoms with E-state index >= 15 is 0 Å². The number of carbonyl (C=O) groups excluding carboxylic acids is 2. The summed E-state index contributed by atoms with van der Waals surface area (Å²) in [4.78, 5) is 70.3. The van der Waals surface area contributed by atoms with Crippen molar-refractivity contribution in [2.24, 2.45) is 5.16 Å². The standard InChI is InChI=1S/C19H20N8O7S3/c1-3-26-15(31)14(30)24-25-18(26)36-6-8-13(16(32)33)27-11(29)4-12(27)37-19(8,9-7-35-17(20)22-9)23-10(28)5-21-34-2/h5,7,12H,3-4,6H2,1-2H3,(H2,20,22)(H,23,28)(H,24,30)(H,32,33)/t12-,19?/m0/s1. The number of aliphatic carboxylic acids is 1. The average molecular weight is 569 g/mol. The molecule has 0 aromatic carbocycles. The van der Waals surface area contributed by atoms with Gasteiger partial charge in [0.15, 0.2) is 15.2 Å². The molecule has 2 aliphatic heterocycles. The number of oxime groups is 1. The van der Waals surface area contributed by atoms with Crippen LogP contribution in [0.1, 0.15) is 19.0 Å². The molecule has 37 heavy (non-hydrogen) atoms. The topological polar surface area (TPSA) is 215 Å². The number of amides is 2. The van der Waals surface area contributed by atoms with Crippen LogP contribution in [0.4, 0.5) is 5.13 Å². The minimum Gasteiger partial charge on any atom is -0.477 e. The molecule has 2 aromatic heterocycles. The van der Waals surface area contributed by atoms with Gasteiger partial charge in [-0.1, -0.05) is 28.7 Å². The van der Waals surface area contributed by atoms with Crippen molar-refractivity contribution in [1.82, 2.24) is 30.0 Å². The lowest BCUT2D eigenvalue weighted by Crippen LogP contribution is -2.61. The Bertz CT molecular complexity index is 1450. The first kappa shape index (κ1) is 26.4. The first-order valence-corrected chi connectivity index (χ1v) is 13.3. The van der Waals surface area contributed by atoms with Gasteiger partial charge in [-0.15, -0.1) is 16.4 Å². The molecule has 0 bridgehead atoms. The van der Waals surface area contributed by atoms with Gasteiger partial charge >= 0.3 is 17.1 Å². The summed E-state index contributed by atoms with van der Waals surface area (Å²) < 4.78 is 1.13. The molecule has 5 N–H and O–H groups in total. The van der Waals surface area contributed by atoms with Gasteiger partial charge in [0.05, 0.1) is 17.5 Å². The molecule has 1 fully saturated rings. The number of aromatic amines is 1. The molecular weight excluding hydrogens is 548 g/mol. The third kappa shape index (κ3) is 4.74. The van der Waals surface area contributed by atoms with E-state index in [1.165, 1.54) is 7.11 Å². The van der Waals surface area contributed by atoms with Crippen molar-refractivity contribution in [1.29, 1.82) is 0 Å². The number of hydrogen-bond donors (Lipinski definition) is 4. The first-order valence-electron chi connectivity index (χ1n) is 10.5. The zero-order valence-electron chi connectivity index (χ0n) is 19.3. The van der Waals surface area contributed by atoms with E-state index in [2.05, 4.69) is 30.5 Å². The maximum Gasteiger partial charge on any atom is 0.352 e. The molecule has 2 atom stereocenters. The van der Waals surface area contributed by atoms with Gasteiger partial charge < -0.3 is 21.0 Å². The molecule has 15 nitrogen and oxygen atoms in total. The van der Waals surface area contributed by atoms with E-state index in [-0.39, 0.29) is 46.0 Å². The summed E-state index contributed by atoms with van der Waals surface area (Å²) in [7, 11) is 1.25. The van der Waals surface area contributed by atoms with Crippen LogP contribution in [0.5, 0.6) is 0 Å². The summed E-state index contributed by atoms with van der Waals surface area (Å²) >= 11 is 3.15. The van der Waals surface area contributed by atoms with Crippen LogP contribution in [-0.2, 0) is 30.6 Å². The van der Waals surface area contributed by atoms with Crippen molar-refractivity contribution in [2.75, 3.05) is 18.6 Å². The number of hydrogen-bond acceptors (Lipinski definition) is 13. The lowest BCUT2D eigenvalue weighted by Gasteiger charge is -2.51. The Morgan fingerprint density at radius 2 is 2.22 bits per heavy atom. The molecule has 0 saturated carbocycles. The minimum absolute atomic E-state index is 0.0438. The van der Waals surface area contributed by atoms with Crippen LogP contribution in [0.3, 0.4) is 0 Å². The van der Waals surface area contributed by atoms with Crippen molar-refractivity contribution in [3.63, 3.8) is 0 Å². The average Bonchev–Trinajstić information content (AvgIpc) is 3.30. The molecule has 196 valence electrons. The molecule has 0 spiro atoms. The SMILES string of the molecule is CCn1c(SCC2=C(C(=O)O)N3C(=O)C[C@@H]3SC2(NC(=O)C=NOC)c2csc(N)n2)n[nH]c(=O)c1=O. The molecule has 1 saturated heterocycles. The summed E-state index contributed by atoms with van der Waals surface area (Å²) in [6.45, 7) is 1.77. The fraction of sp³-hybridized carbons (Fsp3) is 0.368. The summed E-state index contributed by atoms with van der Waals surface area (Å²) in [6.07, 6.45) is 0.919. The van der Waals surface area contributed by atoms with Crippen molar-refractivity contribution in [2.45, 2.75) is 35.3 Å². The number of nitrogens with two attached hydrogens (primary N) is 1. The summed E-state index contributed by atoms with van der Waals surface area (Å²) in [5.74, 6) is -2.69. The molecule has 4 rings (SSSR count). The third-order valence-corrected chi connectivity index (χ3v) is 8.65. The van der Waals surface area contributed by atoms with Crippen LogP contribution in [0, 0.1) is 0 Å². The summed E-state index contributed by atoms with van der Waals surface area (Å²) in [5.41, 5.74) is 4.15. The normalized spacial score (nSPS) is 21.1. The largest absolute Gasteiger partial charge is 0.477 e. The predicted octanol–water partition coefficient (Wildman–Crippen LogP) is -0.672. The Morgan fingerprint density at radius 1 is 1.46 bits per heavy atom. The highest BCUT2D eigenvalue weighted by Crippen LogP contribution is 2.54. The Balaban J connectivity index is 1.90.